The minimum atomic E-state index is -1.12. The average molecular weight is 458 g/mol. The maximum atomic E-state index is 15.0. The highest BCUT2D eigenvalue weighted by atomic mass is 19.1. The fraction of sp³-hybridized carbons (Fsp3) is 0.214. The molecule has 1 heterocycles. The minimum absolute atomic E-state index is 0.129. The van der Waals surface area contributed by atoms with Crippen LogP contribution in [0, 0.1) is 5.82 Å². The lowest BCUT2D eigenvalue weighted by Gasteiger charge is -2.26. The van der Waals surface area contributed by atoms with Crippen LogP contribution in [0.15, 0.2) is 72.3 Å². The normalized spacial score (nSPS) is 19.2. The smallest absolute Gasteiger partial charge is 0.300 e. The lowest BCUT2D eigenvalue weighted by Crippen LogP contribution is -2.29. The van der Waals surface area contributed by atoms with Crippen molar-refractivity contribution in [2.45, 2.75) is 31.7 Å². The Kier molecular flexibility index (Phi) is 5.65. The number of carbonyl (C=O) groups excluding carboxylic acids is 2. The fourth-order valence-electron chi connectivity index (χ4n) is 4.89. The number of aryl methyl sites for hydroxylation is 2. The van der Waals surface area contributed by atoms with Gasteiger partial charge in [0.25, 0.3) is 11.7 Å². The number of fused-ring (bicyclic) bond motifs is 1. The van der Waals surface area contributed by atoms with Crippen molar-refractivity contribution in [3.05, 3.63) is 100 Å². The van der Waals surface area contributed by atoms with Crippen molar-refractivity contribution in [1.29, 1.82) is 0 Å². The second-order valence-corrected chi connectivity index (χ2v) is 8.58. The molecule has 1 fully saturated rings. The largest absolute Gasteiger partial charge is 0.507 e. The summed E-state index contributed by atoms with van der Waals surface area (Å²) >= 11 is 0. The van der Waals surface area contributed by atoms with Crippen LogP contribution in [0.25, 0.3) is 5.76 Å². The summed E-state index contributed by atoms with van der Waals surface area (Å²) in [6, 6.07) is 17.1. The average Bonchev–Trinajstić information content (AvgIpc) is 3.13. The van der Waals surface area contributed by atoms with E-state index < -0.39 is 23.5 Å². The van der Waals surface area contributed by atoms with Crippen molar-refractivity contribution in [2.75, 3.05) is 12.0 Å². The summed E-state index contributed by atoms with van der Waals surface area (Å²) in [5, 5.41) is 11.3. The molecule has 0 saturated carbocycles. The van der Waals surface area contributed by atoms with Crippen molar-refractivity contribution in [2.24, 2.45) is 0 Å². The Morgan fingerprint density at radius 2 is 1.74 bits per heavy atom. The van der Waals surface area contributed by atoms with E-state index in [2.05, 4.69) is 0 Å². The molecule has 3 aromatic rings. The molecule has 0 radical (unpaired) electrons. The van der Waals surface area contributed by atoms with E-state index in [-0.39, 0.29) is 16.9 Å². The summed E-state index contributed by atoms with van der Waals surface area (Å²) < 4.78 is 20.3. The molecule has 3 aromatic carbocycles. The third kappa shape index (κ3) is 3.65. The predicted molar refractivity (Wildman–Crippen MR) is 127 cm³/mol. The van der Waals surface area contributed by atoms with Gasteiger partial charge in [0.05, 0.1) is 18.7 Å². The van der Waals surface area contributed by atoms with Crippen LogP contribution in [0.1, 0.15) is 41.1 Å². The number of amides is 1. The van der Waals surface area contributed by atoms with Gasteiger partial charge in [0.15, 0.2) is 0 Å². The molecule has 5 nitrogen and oxygen atoms in total. The van der Waals surface area contributed by atoms with E-state index in [0.29, 0.717) is 17.0 Å². The quantitative estimate of drug-likeness (QED) is 0.326. The Labute approximate surface area is 197 Å². The van der Waals surface area contributed by atoms with Gasteiger partial charge in [-0.2, -0.15) is 0 Å². The van der Waals surface area contributed by atoms with Crippen LogP contribution in [0.4, 0.5) is 10.1 Å². The van der Waals surface area contributed by atoms with Gasteiger partial charge in [-0.15, -0.1) is 0 Å². The number of methoxy groups -OCH3 is 1. The molecule has 0 bridgehead atoms. The van der Waals surface area contributed by atoms with E-state index in [4.69, 9.17) is 4.74 Å². The van der Waals surface area contributed by atoms with Crippen LogP contribution < -0.4 is 9.64 Å². The van der Waals surface area contributed by atoms with Gasteiger partial charge in [0.1, 0.15) is 17.3 Å². The first-order valence-electron chi connectivity index (χ1n) is 11.3. The van der Waals surface area contributed by atoms with Crippen LogP contribution in [0.2, 0.25) is 0 Å². The van der Waals surface area contributed by atoms with E-state index in [0.717, 1.165) is 31.2 Å². The molecule has 1 amide bonds. The van der Waals surface area contributed by atoms with Gasteiger partial charge in [0, 0.05) is 22.9 Å². The van der Waals surface area contributed by atoms with Gasteiger partial charge in [0.2, 0.25) is 0 Å². The number of carbonyl (C=O) groups is 2. The lowest BCUT2D eigenvalue weighted by molar-refractivity contribution is -0.132. The zero-order chi connectivity index (χ0) is 23.8. The molecule has 1 unspecified atom stereocenters. The first-order valence-corrected chi connectivity index (χ1v) is 11.3. The van der Waals surface area contributed by atoms with Crippen molar-refractivity contribution in [1.82, 2.24) is 0 Å². The Morgan fingerprint density at radius 1 is 0.971 bits per heavy atom. The molecule has 1 atom stereocenters. The van der Waals surface area contributed by atoms with Crippen LogP contribution in [-0.4, -0.2) is 23.9 Å². The molecule has 172 valence electrons. The second kappa shape index (κ2) is 8.78. The SMILES string of the molecule is COc1cccc(N2C(=O)C(=O)/C(=C(/O)c3ccc4c(c3)CCCC4)C2c2ccccc2F)c1. The minimum Gasteiger partial charge on any atom is -0.507 e. The van der Waals surface area contributed by atoms with Gasteiger partial charge in [-0.1, -0.05) is 36.4 Å². The third-order valence-electron chi connectivity index (χ3n) is 6.60. The summed E-state index contributed by atoms with van der Waals surface area (Å²) in [6.07, 6.45) is 4.06. The number of Topliss-reactive ketones (excluding diaryl/α,β-unsaturated/α-hetero) is 1. The van der Waals surface area contributed by atoms with E-state index in [1.54, 1.807) is 42.5 Å². The number of nitrogens with zero attached hydrogens (tertiary/aromatic N) is 1. The molecule has 5 rings (SSSR count). The van der Waals surface area contributed by atoms with Gasteiger partial charge in [-0.05, 0) is 61.1 Å². The summed E-state index contributed by atoms with van der Waals surface area (Å²) in [5.74, 6) is -2.07. The molecular formula is C28H24FNO4. The number of aliphatic hydroxyl groups is 1. The molecule has 34 heavy (non-hydrogen) atoms. The van der Waals surface area contributed by atoms with Crippen LogP contribution in [0.3, 0.4) is 0 Å². The first kappa shape index (κ1) is 21.9. The maximum absolute atomic E-state index is 15.0. The van der Waals surface area contributed by atoms with Gasteiger partial charge < -0.3 is 9.84 Å². The summed E-state index contributed by atoms with van der Waals surface area (Å²) in [7, 11) is 1.50. The Morgan fingerprint density at radius 3 is 2.50 bits per heavy atom. The zero-order valence-electron chi connectivity index (χ0n) is 18.8. The van der Waals surface area contributed by atoms with Crippen molar-refractivity contribution < 1.29 is 23.8 Å². The Balaban J connectivity index is 1.71. The zero-order valence-corrected chi connectivity index (χ0v) is 18.8. The molecule has 6 heteroatoms. The number of hydrogen-bond acceptors (Lipinski definition) is 4. The molecule has 0 spiro atoms. The van der Waals surface area contributed by atoms with Crippen molar-refractivity contribution >= 4 is 23.1 Å². The second-order valence-electron chi connectivity index (χ2n) is 8.58. The molecule has 1 N–H and O–H groups in total. The van der Waals surface area contributed by atoms with Crippen LogP contribution in [-0.2, 0) is 22.4 Å². The number of hydrogen-bond donors (Lipinski definition) is 1. The first-order chi connectivity index (χ1) is 16.5. The van der Waals surface area contributed by atoms with Gasteiger partial charge in [-0.3, -0.25) is 14.5 Å². The Bertz CT molecular complexity index is 1330. The molecule has 1 saturated heterocycles. The topological polar surface area (TPSA) is 66.8 Å². The number of aliphatic hydroxyl groups excluding tert-OH is 1. The fourth-order valence-corrected chi connectivity index (χ4v) is 4.89. The lowest BCUT2D eigenvalue weighted by atomic mass is 9.88. The van der Waals surface area contributed by atoms with Gasteiger partial charge >= 0.3 is 0 Å². The molecule has 2 aliphatic rings. The van der Waals surface area contributed by atoms with E-state index in [9.17, 15) is 14.7 Å². The van der Waals surface area contributed by atoms with Gasteiger partial charge in [-0.25, -0.2) is 4.39 Å². The predicted octanol–water partition coefficient (Wildman–Crippen LogP) is 5.34. The monoisotopic (exact) mass is 457 g/mol. The van der Waals surface area contributed by atoms with E-state index in [1.807, 2.05) is 12.1 Å². The number of ether oxygens (including phenoxy) is 1. The van der Waals surface area contributed by atoms with E-state index in [1.165, 1.54) is 29.7 Å². The summed E-state index contributed by atoms with van der Waals surface area (Å²) in [5.41, 5.74) is 3.17. The number of benzene rings is 3. The van der Waals surface area contributed by atoms with Crippen molar-refractivity contribution in [3.63, 3.8) is 0 Å². The maximum Gasteiger partial charge on any atom is 0.300 e. The third-order valence-corrected chi connectivity index (χ3v) is 6.60. The number of halogens is 1. The molecule has 0 aromatic heterocycles. The van der Waals surface area contributed by atoms with E-state index >= 15 is 4.39 Å². The summed E-state index contributed by atoms with van der Waals surface area (Å²) in [4.78, 5) is 27.8. The number of anilines is 1. The van der Waals surface area contributed by atoms with Crippen LogP contribution >= 0.6 is 0 Å². The highest BCUT2D eigenvalue weighted by Crippen LogP contribution is 2.43. The highest BCUT2D eigenvalue weighted by molar-refractivity contribution is 6.51. The van der Waals surface area contributed by atoms with Crippen LogP contribution in [0.5, 0.6) is 5.75 Å². The molecular weight excluding hydrogens is 433 g/mol. The number of rotatable bonds is 4. The Hall–Kier alpha value is -3.93. The number of ketones is 1. The standard InChI is InChI=1S/C28H24FNO4/c1-34-21-10-6-9-20(16-21)30-25(22-11-4-5-12-23(22)29)24(27(32)28(30)33)26(31)19-14-13-17-7-2-3-8-18(17)15-19/h4-6,9-16,25,31H,2-3,7-8H2,1H3/b26-24+. The highest BCUT2D eigenvalue weighted by Gasteiger charge is 2.48. The summed E-state index contributed by atoms with van der Waals surface area (Å²) in [6.45, 7) is 0. The molecule has 1 aliphatic heterocycles. The molecule has 1 aliphatic carbocycles. The van der Waals surface area contributed by atoms with Crippen molar-refractivity contribution in [3.8, 4) is 5.75 Å².